The smallest absolute Gasteiger partial charge is 0.370 e. The van der Waals surface area contributed by atoms with Crippen molar-refractivity contribution in [2.24, 2.45) is 5.92 Å². The lowest BCUT2D eigenvalue weighted by Gasteiger charge is -2.25. The van der Waals surface area contributed by atoms with Crippen LogP contribution in [0.1, 0.15) is 54.6 Å². The number of rotatable bonds is 4. The van der Waals surface area contributed by atoms with E-state index >= 15 is 0 Å². The maximum Gasteiger partial charge on any atom is 0.419 e. The molecular weight excluding hydrogens is 412 g/mol. The number of benzene rings is 1. The largest absolute Gasteiger partial charge is 0.419 e. The van der Waals surface area contributed by atoms with Crippen molar-refractivity contribution in [3.05, 3.63) is 52.7 Å². The zero-order valence-corrected chi connectivity index (χ0v) is 17.1. The molecule has 1 N–H and O–H groups in total. The second kappa shape index (κ2) is 7.19. The van der Waals surface area contributed by atoms with Crippen LogP contribution in [0.2, 0.25) is 0 Å². The lowest BCUT2D eigenvalue weighted by molar-refractivity contribution is -0.140. The molecule has 5 nitrogen and oxygen atoms in total. The summed E-state index contributed by atoms with van der Waals surface area (Å²) in [5.41, 5.74) is 0.467. The normalized spacial score (nSPS) is 20.0. The van der Waals surface area contributed by atoms with E-state index in [1.54, 1.807) is 13.8 Å². The number of anilines is 1. The highest BCUT2D eigenvalue weighted by Crippen LogP contribution is 2.46. The lowest BCUT2D eigenvalue weighted by atomic mass is 10.0. The minimum atomic E-state index is -4.75. The van der Waals surface area contributed by atoms with Crippen molar-refractivity contribution in [1.82, 2.24) is 14.5 Å². The molecule has 0 spiro atoms. The third kappa shape index (κ3) is 3.54. The van der Waals surface area contributed by atoms with Crippen LogP contribution in [-0.4, -0.2) is 21.1 Å². The van der Waals surface area contributed by atoms with Crippen LogP contribution in [0, 0.1) is 18.7 Å². The van der Waals surface area contributed by atoms with E-state index in [1.807, 2.05) is 6.07 Å². The van der Waals surface area contributed by atoms with Gasteiger partial charge in [0.25, 0.3) is 0 Å². The second-order valence-corrected chi connectivity index (χ2v) is 8.28. The summed E-state index contributed by atoms with van der Waals surface area (Å²) in [5, 5.41) is 3.88. The Morgan fingerprint density at radius 3 is 2.71 bits per heavy atom. The standard InChI is InChI=1S/C22H22F4N4O/c1-11(14-4-3-5-16(18(14)23)22(24,25)26)27-20-15-10-17-19(13-6-7-13)31-9-8-30(17)21(15)29-12(2)28-20/h3-5,10-11,13,19H,6-9H2,1-2H3,(H,27,28,29)/t11-,19?/m1/s1. The van der Waals surface area contributed by atoms with Crippen molar-refractivity contribution in [3.8, 4) is 0 Å². The van der Waals surface area contributed by atoms with E-state index in [2.05, 4.69) is 19.9 Å². The fourth-order valence-electron chi connectivity index (χ4n) is 4.35. The van der Waals surface area contributed by atoms with E-state index < -0.39 is 23.6 Å². The Bertz CT molecular complexity index is 1150. The van der Waals surface area contributed by atoms with Gasteiger partial charge in [-0.1, -0.05) is 12.1 Å². The maximum absolute atomic E-state index is 14.6. The summed E-state index contributed by atoms with van der Waals surface area (Å²) >= 11 is 0. The lowest BCUT2D eigenvalue weighted by Crippen LogP contribution is -2.22. The number of aromatic nitrogens is 3. The predicted octanol–water partition coefficient (Wildman–Crippen LogP) is 5.55. The number of hydrogen-bond acceptors (Lipinski definition) is 4. The van der Waals surface area contributed by atoms with Crippen LogP contribution in [-0.2, 0) is 17.5 Å². The summed E-state index contributed by atoms with van der Waals surface area (Å²) in [6.45, 7) is 4.66. The predicted molar refractivity (Wildman–Crippen MR) is 107 cm³/mol. The van der Waals surface area contributed by atoms with E-state index in [-0.39, 0.29) is 11.7 Å². The second-order valence-electron chi connectivity index (χ2n) is 8.28. The molecule has 2 atom stereocenters. The van der Waals surface area contributed by atoms with Gasteiger partial charge in [-0.25, -0.2) is 14.4 Å². The molecule has 0 amide bonds. The highest BCUT2D eigenvalue weighted by Gasteiger charge is 2.38. The number of ether oxygens (including phenoxy) is 1. The first kappa shape index (κ1) is 20.2. The van der Waals surface area contributed by atoms with Crippen molar-refractivity contribution < 1.29 is 22.3 Å². The molecule has 2 aliphatic rings. The summed E-state index contributed by atoms with van der Waals surface area (Å²) < 4.78 is 62.1. The van der Waals surface area contributed by atoms with Crippen LogP contribution >= 0.6 is 0 Å². The molecular formula is C22H22F4N4O. The first-order valence-electron chi connectivity index (χ1n) is 10.4. The average molecular weight is 434 g/mol. The molecule has 1 unspecified atom stereocenters. The van der Waals surface area contributed by atoms with Gasteiger partial charge in [0.1, 0.15) is 29.2 Å². The van der Waals surface area contributed by atoms with Crippen LogP contribution in [0.3, 0.4) is 0 Å². The van der Waals surface area contributed by atoms with Crippen LogP contribution in [0.25, 0.3) is 11.0 Å². The Hall–Kier alpha value is -2.68. The fraction of sp³-hybridized carbons (Fsp3) is 0.455. The van der Waals surface area contributed by atoms with Crippen molar-refractivity contribution in [1.29, 1.82) is 0 Å². The van der Waals surface area contributed by atoms with Gasteiger partial charge in [0.2, 0.25) is 0 Å². The van der Waals surface area contributed by atoms with Gasteiger partial charge in [-0.3, -0.25) is 0 Å². The molecule has 1 aromatic carbocycles. The molecule has 3 heterocycles. The van der Waals surface area contributed by atoms with Gasteiger partial charge >= 0.3 is 6.18 Å². The summed E-state index contributed by atoms with van der Waals surface area (Å²) in [6.07, 6.45) is -2.46. The van der Waals surface area contributed by atoms with Gasteiger partial charge in [0.15, 0.2) is 0 Å². The van der Waals surface area contributed by atoms with Crippen LogP contribution in [0.5, 0.6) is 0 Å². The van der Waals surface area contributed by atoms with E-state index in [4.69, 9.17) is 4.74 Å². The zero-order valence-electron chi connectivity index (χ0n) is 17.1. The van der Waals surface area contributed by atoms with Gasteiger partial charge in [-0.15, -0.1) is 0 Å². The summed E-state index contributed by atoms with van der Waals surface area (Å²) in [4.78, 5) is 9.08. The summed E-state index contributed by atoms with van der Waals surface area (Å²) in [5.74, 6) is 0.243. The molecule has 1 aliphatic carbocycles. The van der Waals surface area contributed by atoms with Crippen LogP contribution in [0.15, 0.2) is 24.3 Å². The summed E-state index contributed by atoms with van der Waals surface area (Å²) in [6, 6.07) is 4.59. The Labute approximate surface area is 176 Å². The molecule has 1 fully saturated rings. The van der Waals surface area contributed by atoms with E-state index in [0.29, 0.717) is 30.7 Å². The number of nitrogens with zero attached hydrogens (tertiary/aromatic N) is 3. The minimum Gasteiger partial charge on any atom is -0.370 e. The quantitative estimate of drug-likeness (QED) is 0.547. The number of aryl methyl sites for hydroxylation is 1. The molecule has 5 rings (SSSR count). The van der Waals surface area contributed by atoms with Crippen molar-refractivity contribution in [3.63, 3.8) is 0 Å². The van der Waals surface area contributed by atoms with Gasteiger partial charge in [-0.05, 0) is 44.7 Å². The number of halogens is 4. The Kier molecular flexibility index (Phi) is 4.69. The third-order valence-corrected chi connectivity index (χ3v) is 6.00. The molecule has 31 heavy (non-hydrogen) atoms. The summed E-state index contributed by atoms with van der Waals surface area (Å²) in [7, 11) is 0. The Balaban J connectivity index is 1.54. The number of hydrogen-bond donors (Lipinski definition) is 1. The van der Waals surface area contributed by atoms with Gasteiger partial charge in [0.05, 0.1) is 23.6 Å². The molecule has 1 aliphatic heterocycles. The number of nitrogens with one attached hydrogen (secondary N) is 1. The first-order chi connectivity index (χ1) is 14.7. The molecule has 3 aromatic rings. The maximum atomic E-state index is 14.6. The van der Waals surface area contributed by atoms with Crippen molar-refractivity contribution in [2.75, 3.05) is 11.9 Å². The molecule has 0 radical (unpaired) electrons. The van der Waals surface area contributed by atoms with E-state index in [0.717, 1.165) is 35.6 Å². The van der Waals surface area contributed by atoms with Gasteiger partial charge in [-0.2, -0.15) is 13.2 Å². The number of alkyl halides is 3. The van der Waals surface area contributed by atoms with Crippen molar-refractivity contribution in [2.45, 2.75) is 51.6 Å². The molecule has 2 aromatic heterocycles. The Morgan fingerprint density at radius 2 is 2.00 bits per heavy atom. The zero-order chi connectivity index (χ0) is 21.9. The highest BCUT2D eigenvalue weighted by molar-refractivity contribution is 5.89. The van der Waals surface area contributed by atoms with E-state index in [9.17, 15) is 17.6 Å². The molecule has 9 heteroatoms. The topological polar surface area (TPSA) is 52.0 Å². The SMILES string of the molecule is Cc1nc(N[C@H](C)c2cccc(C(F)(F)F)c2F)c2cc3n(c2n1)CCOC3C1CC1. The third-order valence-electron chi connectivity index (χ3n) is 6.00. The molecule has 0 saturated heterocycles. The van der Waals surface area contributed by atoms with Gasteiger partial charge < -0.3 is 14.6 Å². The van der Waals surface area contributed by atoms with Gasteiger partial charge in [0, 0.05) is 17.8 Å². The monoisotopic (exact) mass is 434 g/mol. The fourth-order valence-corrected chi connectivity index (χ4v) is 4.35. The highest BCUT2D eigenvalue weighted by atomic mass is 19.4. The molecule has 164 valence electrons. The van der Waals surface area contributed by atoms with Crippen LogP contribution < -0.4 is 5.32 Å². The molecule has 0 bridgehead atoms. The first-order valence-corrected chi connectivity index (χ1v) is 10.4. The molecule has 1 saturated carbocycles. The Morgan fingerprint density at radius 1 is 1.23 bits per heavy atom. The van der Waals surface area contributed by atoms with Crippen molar-refractivity contribution >= 4 is 16.9 Å². The average Bonchev–Trinajstić information content (AvgIpc) is 3.48. The van der Waals surface area contributed by atoms with Crippen LogP contribution in [0.4, 0.5) is 23.4 Å². The van der Waals surface area contributed by atoms with E-state index in [1.165, 1.54) is 12.1 Å². The number of fused-ring (bicyclic) bond motifs is 3. The minimum absolute atomic E-state index is 0.0226.